The predicted octanol–water partition coefficient (Wildman–Crippen LogP) is 2.99. The maximum Gasteiger partial charge on any atom is 0.101 e. The Kier molecular flexibility index (Phi) is 5.40. The largest absolute Gasteiger partial charge is 0.395 e. The summed E-state index contributed by atoms with van der Waals surface area (Å²) >= 11 is 1.65. The van der Waals surface area contributed by atoms with E-state index in [1.54, 1.807) is 11.3 Å². The lowest BCUT2D eigenvalue weighted by Crippen LogP contribution is -2.17. The number of para-hydroxylation sites is 1. The van der Waals surface area contributed by atoms with Gasteiger partial charge >= 0.3 is 0 Å². The van der Waals surface area contributed by atoms with Gasteiger partial charge in [0.15, 0.2) is 0 Å². The van der Waals surface area contributed by atoms with Crippen molar-refractivity contribution in [1.29, 1.82) is 5.26 Å². The average Bonchev–Trinajstić information content (AvgIpc) is 2.94. The van der Waals surface area contributed by atoms with E-state index >= 15 is 0 Å². The first kappa shape index (κ1) is 15.1. The minimum Gasteiger partial charge on any atom is -0.395 e. The highest BCUT2D eigenvalue weighted by molar-refractivity contribution is 7.10. The second kappa shape index (κ2) is 7.50. The van der Waals surface area contributed by atoms with Gasteiger partial charge in [-0.1, -0.05) is 24.0 Å². The fraction of sp³-hybridized carbons (Fsp3) is 0.235. The van der Waals surface area contributed by atoms with Gasteiger partial charge in [0, 0.05) is 23.9 Å². The summed E-state index contributed by atoms with van der Waals surface area (Å²) in [4.78, 5) is 3.22. The van der Waals surface area contributed by atoms with Crippen molar-refractivity contribution in [2.45, 2.75) is 13.0 Å². The van der Waals surface area contributed by atoms with Crippen molar-refractivity contribution in [2.75, 3.05) is 18.6 Å². The summed E-state index contributed by atoms with van der Waals surface area (Å²) in [7, 11) is 1.97. The molecule has 0 atom stereocenters. The Morgan fingerprint density at radius 1 is 1.24 bits per heavy atom. The summed E-state index contributed by atoms with van der Waals surface area (Å²) in [5.74, 6) is 6.04. The smallest absolute Gasteiger partial charge is 0.101 e. The Bertz CT molecular complexity index is 703. The summed E-state index contributed by atoms with van der Waals surface area (Å²) < 4.78 is 0. The summed E-state index contributed by atoms with van der Waals surface area (Å²) in [6.45, 7) is 0.793. The maximum atomic E-state index is 9.17. The van der Waals surface area contributed by atoms with Gasteiger partial charge in [-0.2, -0.15) is 5.26 Å². The van der Waals surface area contributed by atoms with E-state index in [1.807, 2.05) is 42.8 Å². The van der Waals surface area contributed by atoms with Crippen LogP contribution in [0.5, 0.6) is 0 Å². The van der Waals surface area contributed by atoms with Crippen molar-refractivity contribution >= 4 is 17.0 Å². The van der Waals surface area contributed by atoms with Crippen LogP contribution in [0.2, 0.25) is 0 Å². The van der Waals surface area contributed by atoms with E-state index in [2.05, 4.69) is 22.8 Å². The van der Waals surface area contributed by atoms with Gasteiger partial charge in [0.1, 0.15) is 6.07 Å². The monoisotopic (exact) mass is 296 g/mol. The van der Waals surface area contributed by atoms with Gasteiger partial charge in [-0.25, -0.2) is 0 Å². The summed E-state index contributed by atoms with van der Waals surface area (Å²) in [5, 5.41) is 20.0. The molecule has 0 saturated carbocycles. The number of nitrogens with zero attached hydrogens (tertiary/aromatic N) is 2. The van der Waals surface area contributed by atoms with Gasteiger partial charge in [-0.3, -0.25) is 0 Å². The molecule has 106 valence electrons. The van der Waals surface area contributed by atoms with Gasteiger partial charge in [-0.15, -0.1) is 11.3 Å². The third-order valence-corrected chi connectivity index (χ3v) is 3.93. The van der Waals surface area contributed by atoms with Crippen LogP contribution in [-0.4, -0.2) is 18.8 Å². The standard InChI is InChI=1S/C17H16N2OS/c1-19(16-8-3-2-7-15(16)12-18)13-17-14(9-11-21-17)6-4-5-10-20/h2-3,7-9,11,20H,5,10,13H2,1H3. The molecule has 0 fully saturated rings. The molecular formula is C17H16N2OS. The topological polar surface area (TPSA) is 47.3 Å². The summed E-state index contributed by atoms with van der Waals surface area (Å²) in [6.07, 6.45) is 0.488. The molecule has 3 nitrogen and oxygen atoms in total. The van der Waals surface area contributed by atoms with Gasteiger partial charge in [0.25, 0.3) is 0 Å². The van der Waals surface area contributed by atoms with E-state index in [4.69, 9.17) is 5.11 Å². The fourth-order valence-electron chi connectivity index (χ4n) is 1.99. The Balaban J connectivity index is 2.18. The molecule has 0 unspecified atom stereocenters. The lowest BCUT2D eigenvalue weighted by Gasteiger charge is -2.19. The quantitative estimate of drug-likeness (QED) is 0.882. The highest BCUT2D eigenvalue weighted by atomic mass is 32.1. The number of hydrogen-bond acceptors (Lipinski definition) is 4. The van der Waals surface area contributed by atoms with Crippen molar-refractivity contribution in [2.24, 2.45) is 0 Å². The molecular weight excluding hydrogens is 280 g/mol. The van der Waals surface area contributed by atoms with Crippen molar-refractivity contribution in [3.05, 3.63) is 51.7 Å². The summed E-state index contributed by atoms with van der Waals surface area (Å²) in [5.41, 5.74) is 2.59. The molecule has 4 heteroatoms. The predicted molar refractivity (Wildman–Crippen MR) is 86.2 cm³/mol. The Hall–Kier alpha value is -2.27. The Morgan fingerprint density at radius 2 is 2.05 bits per heavy atom. The second-order valence-electron chi connectivity index (χ2n) is 4.52. The molecule has 1 aromatic heterocycles. The minimum atomic E-state index is 0.0852. The van der Waals surface area contributed by atoms with Gasteiger partial charge in [-0.05, 0) is 23.6 Å². The highest BCUT2D eigenvalue weighted by Gasteiger charge is 2.10. The van der Waals surface area contributed by atoms with E-state index in [1.165, 1.54) is 0 Å². The Morgan fingerprint density at radius 3 is 2.81 bits per heavy atom. The molecule has 1 N–H and O–H groups in total. The molecule has 0 aliphatic heterocycles. The zero-order valence-electron chi connectivity index (χ0n) is 11.8. The van der Waals surface area contributed by atoms with Crippen LogP contribution < -0.4 is 4.90 Å². The molecule has 0 radical (unpaired) electrons. The zero-order valence-corrected chi connectivity index (χ0v) is 12.7. The lowest BCUT2D eigenvalue weighted by atomic mass is 10.1. The van der Waals surface area contributed by atoms with Crippen molar-refractivity contribution in [1.82, 2.24) is 0 Å². The van der Waals surface area contributed by atoms with Crippen molar-refractivity contribution < 1.29 is 5.11 Å². The maximum absolute atomic E-state index is 9.17. The molecule has 0 aliphatic rings. The molecule has 0 aliphatic carbocycles. The number of aliphatic hydroxyl groups is 1. The molecule has 1 aromatic carbocycles. The lowest BCUT2D eigenvalue weighted by molar-refractivity contribution is 0.305. The fourth-order valence-corrected chi connectivity index (χ4v) is 2.87. The molecule has 1 heterocycles. The summed E-state index contributed by atoms with van der Waals surface area (Å²) in [6, 6.07) is 11.8. The van der Waals surface area contributed by atoms with E-state index in [-0.39, 0.29) is 6.61 Å². The van der Waals surface area contributed by atoms with Gasteiger partial charge in [0.05, 0.1) is 24.4 Å². The first-order valence-corrected chi connectivity index (χ1v) is 7.50. The highest BCUT2D eigenvalue weighted by Crippen LogP contribution is 2.23. The van der Waals surface area contributed by atoms with E-state index in [0.717, 1.165) is 16.1 Å². The molecule has 0 saturated heterocycles. The van der Waals surface area contributed by atoms with E-state index in [0.29, 0.717) is 18.5 Å². The third-order valence-electron chi connectivity index (χ3n) is 3.02. The van der Waals surface area contributed by atoms with Gasteiger partial charge in [0.2, 0.25) is 0 Å². The van der Waals surface area contributed by atoms with Gasteiger partial charge < -0.3 is 10.0 Å². The van der Waals surface area contributed by atoms with E-state index in [9.17, 15) is 5.26 Å². The number of rotatable bonds is 4. The van der Waals surface area contributed by atoms with Crippen LogP contribution in [0, 0.1) is 23.2 Å². The van der Waals surface area contributed by atoms with Crippen LogP contribution >= 0.6 is 11.3 Å². The molecule has 0 amide bonds. The van der Waals surface area contributed by atoms with Crippen LogP contribution in [0.15, 0.2) is 35.7 Å². The first-order valence-electron chi connectivity index (χ1n) is 6.62. The number of hydrogen-bond donors (Lipinski definition) is 1. The molecule has 2 aromatic rings. The van der Waals surface area contributed by atoms with Crippen molar-refractivity contribution in [3.63, 3.8) is 0 Å². The molecule has 0 spiro atoms. The SMILES string of the molecule is CN(Cc1sccc1C#CCCO)c1ccccc1C#N. The van der Waals surface area contributed by atoms with E-state index < -0.39 is 0 Å². The molecule has 0 bridgehead atoms. The third kappa shape index (κ3) is 3.86. The average molecular weight is 296 g/mol. The molecule has 2 rings (SSSR count). The van der Waals surface area contributed by atoms with Crippen molar-refractivity contribution in [3.8, 4) is 17.9 Å². The number of anilines is 1. The first-order chi connectivity index (χ1) is 10.3. The zero-order chi connectivity index (χ0) is 15.1. The number of benzene rings is 1. The minimum absolute atomic E-state index is 0.0852. The Labute approximate surface area is 129 Å². The number of thiophene rings is 1. The molecule has 21 heavy (non-hydrogen) atoms. The normalized spacial score (nSPS) is 9.57. The van der Waals surface area contributed by atoms with Crippen LogP contribution in [0.4, 0.5) is 5.69 Å². The number of aliphatic hydroxyl groups excluding tert-OH is 1. The van der Waals surface area contributed by atoms with Crippen LogP contribution in [0.25, 0.3) is 0 Å². The van der Waals surface area contributed by atoms with Crippen LogP contribution in [-0.2, 0) is 6.54 Å². The van der Waals surface area contributed by atoms with Crippen LogP contribution in [0.1, 0.15) is 22.4 Å². The second-order valence-corrected chi connectivity index (χ2v) is 5.52. The number of nitriles is 1. The van der Waals surface area contributed by atoms with Crippen LogP contribution in [0.3, 0.4) is 0 Å².